The number of unbranched alkanes of at least 4 members (excludes halogenated alkanes) is 32. The lowest BCUT2D eigenvalue weighted by Crippen LogP contribution is -2.45. The first-order valence-corrected chi connectivity index (χ1v) is 24.4. The van der Waals surface area contributed by atoms with E-state index in [1.807, 2.05) is 0 Å². The molecule has 0 rings (SSSR count). The zero-order valence-electron chi connectivity index (χ0n) is 36.9. The Morgan fingerprint density at radius 2 is 0.873 bits per heavy atom. The maximum absolute atomic E-state index is 12.4. The smallest absolute Gasteiger partial charge is 0.305 e. The summed E-state index contributed by atoms with van der Waals surface area (Å²) in [6, 6.07) is -0.547. The Bertz CT molecular complexity index is 817. The fourth-order valence-corrected chi connectivity index (χ4v) is 7.50. The Hall–Kier alpha value is -1.40. The molecule has 55 heavy (non-hydrogen) atoms. The Kier molecular flexibility index (Phi) is 44.2. The highest BCUT2D eigenvalue weighted by Crippen LogP contribution is 2.16. The number of carbonyl (C=O) groups excluding carboxylic acids is 2. The van der Waals surface area contributed by atoms with Crippen LogP contribution >= 0.6 is 0 Å². The predicted molar refractivity (Wildman–Crippen MR) is 237 cm³/mol. The lowest BCUT2D eigenvalue weighted by atomic mass is 10.0. The second-order valence-electron chi connectivity index (χ2n) is 16.8. The van der Waals surface area contributed by atoms with Crippen LogP contribution in [-0.2, 0) is 14.3 Å². The van der Waals surface area contributed by atoms with Gasteiger partial charge in [0, 0.05) is 12.8 Å². The first kappa shape index (κ1) is 53.6. The van der Waals surface area contributed by atoms with E-state index >= 15 is 0 Å². The summed E-state index contributed by atoms with van der Waals surface area (Å²) in [5, 5.41) is 23.2. The van der Waals surface area contributed by atoms with Crippen LogP contribution in [0.1, 0.15) is 264 Å². The molecular weight excluding hydrogens is 683 g/mol. The van der Waals surface area contributed by atoms with Crippen LogP contribution in [0.25, 0.3) is 0 Å². The van der Waals surface area contributed by atoms with Crippen molar-refractivity contribution in [1.29, 1.82) is 0 Å². The number of esters is 1. The number of hydrogen-bond donors (Lipinski definition) is 3. The van der Waals surface area contributed by atoms with E-state index in [9.17, 15) is 19.8 Å². The molecule has 0 aliphatic rings. The minimum absolute atomic E-state index is 0.0133. The maximum atomic E-state index is 12.4. The van der Waals surface area contributed by atoms with Crippen molar-refractivity contribution in [3.8, 4) is 0 Å². The molecule has 0 radical (unpaired) electrons. The maximum Gasteiger partial charge on any atom is 0.305 e. The fraction of sp³-hybridized carbons (Fsp3) is 0.918. The van der Waals surface area contributed by atoms with Gasteiger partial charge in [-0.3, -0.25) is 9.59 Å². The van der Waals surface area contributed by atoms with Gasteiger partial charge in [0.2, 0.25) is 5.91 Å². The van der Waals surface area contributed by atoms with E-state index in [4.69, 9.17) is 4.74 Å². The van der Waals surface area contributed by atoms with Gasteiger partial charge in [-0.2, -0.15) is 0 Å². The van der Waals surface area contributed by atoms with Crippen LogP contribution < -0.4 is 5.32 Å². The second-order valence-corrected chi connectivity index (χ2v) is 16.8. The van der Waals surface area contributed by atoms with Gasteiger partial charge in [-0.1, -0.05) is 219 Å². The topological polar surface area (TPSA) is 95.9 Å². The number of amides is 1. The van der Waals surface area contributed by atoms with Gasteiger partial charge in [0.15, 0.2) is 0 Å². The van der Waals surface area contributed by atoms with Crippen LogP contribution in [0.3, 0.4) is 0 Å². The van der Waals surface area contributed by atoms with E-state index in [1.165, 1.54) is 180 Å². The molecule has 0 bridgehead atoms. The third-order valence-electron chi connectivity index (χ3n) is 11.3. The van der Waals surface area contributed by atoms with Crippen molar-refractivity contribution in [2.24, 2.45) is 0 Å². The molecule has 0 aliphatic carbocycles. The minimum atomic E-state index is -0.669. The Morgan fingerprint density at radius 3 is 1.35 bits per heavy atom. The molecule has 0 aromatic carbocycles. The quantitative estimate of drug-likeness (QED) is 0.0325. The van der Waals surface area contributed by atoms with E-state index in [2.05, 4.69) is 31.3 Å². The van der Waals surface area contributed by atoms with Crippen molar-refractivity contribution < 1.29 is 24.5 Å². The van der Waals surface area contributed by atoms with Gasteiger partial charge in [0.05, 0.1) is 25.4 Å². The number of allylic oxidation sites excluding steroid dienone is 2. The van der Waals surface area contributed by atoms with Crippen molar-refractivity contribution >= 4 is 11.9 Å². The van der Waals surface area contributed by atoms with Crippen LogP contribution in [0, 0.1) is 0 Å². The molecule has 6 heteroatoms. The lowest BCUT2D eigenvalue weighted by Gasteiger charge is -2.22. The highest BCUT2D eigenvalue weighted by molar-refractivity contribution is 5.76. The van der Waals surface area contributed by atoms with Crippen LogP contribution in [0.4, 0.5) is 0 Å². The standard InChI is InChI=1S/C49H95NO5/c1-3-5-7-9-11-13-15-18-22-25-29-33-37-41-47(52)46(45-51)50-48(53)42-38-34-30-26-23-19-16-17-20-24-28-32-36-40-44-55-49(54)43-39-35-31-27-21-14-12-10-8-6-4-2/h10,12,46-47,51-52H,3-9,11,13-45H2,1-2H3,(H,50,53)/b12-10-. The normalized spacial score (nSPS) is 12.7. The van der Waals surface area contributed by atoms with E-state index < -0.39 is 12.1 Å². The van der Waals surface area contributed by atoms with Crippen molar-refractivity contribution in [1.82, 2.24) is 5.32 Å². The molecule has 0 heterocycles. The zero-order valence-corrected chi connectivity index (χ0v) is 36.9. The van der Waals surface area contributed by atoms with Crippen LogP contribution in [0.15, 0.2) is 12.2 Å². The van der Waals surface area contributed by atoms with Gasteiger partial charge in [-0.05, 0) is 44.9 Å². The lowest BCUT2D eigenvalue weighted by molar-refractivity contribution is -0.143. The monoisotopic (exact) mass is 778 g/mol. The Labute approximate surface area is 342 Å². The molecule has 0 spiro atoms. The summed E-state index contributed by atoms with van der Waals surface area (Å²) in [4.78, 5) is 24.4. The van der Waals surface area contributed by atoms with Gasteiger partial charge in [-0.15, -0.1) is 0 Å². The van der Waals surface area contributed by atoms with Gasteiger partial charge in [-0.25, -0.2) is 0 Å². The Balaban J connectivity index is 3.45. The zero-order chi connectivity index (χ0) is 40.1. The van der Waals surface area contributed by atoms with Gasteiger partial charge in [0.25, 0.3) is 0 Å². The summed E-state index contributed by atoms with van der Waals surface area (Å²) in [7, 11) is 0. The van der Waals surface area contributed by atoms with Crippen LogP contribution in [0.2, 0.25) is 0 Å². The summed E-state index contributed by atoms with van der Waals surface area (Å²) < 4.78 is 5.44. The molecule has 0 saturated carbocycles. The van der Waals surface area contributed by atoms with E-state index in [1.54, 1.807) is 0 Å². The van der Waals surface area contributed by atoms with Gasteiger partial charge in [0.1, 0.15) is 0 Å². The van der Waals surface area contributed by atoms with Crippen LogP contribution in [-0.4, -0.2) is 47.4 Å². The predicted octanol–water partition coefficient (Wildman–Crippen LogP) is 14.2. The molecule has 0 fully saturated rings. The number of aliphatic hydroxyl groups is 2. The number of nitrogens with one attached hydrogen (secondary N) is 1. The molecule has 1 amide bonds. The number of rotatable bonds is 45. The summed E-state index contributed by atoms with van der Waals surface area (Å²) in [5.74, 6) is -0.0592. The highest BCUT2D eigenvalue weighted by atomic mass is 16.5. The van der Waals surface area contributed by atoms with Crippen LogP contribution in [0.5, 0.6) is 0 Å². The third-order valence-corrected chi connectivity index (χ3v) is 11.3. The molecular formula is C49H95NO5. The van der Waals surface area contributed by atoms with E-state index in [0.29, 0.717) is 25.9 Å². The van der Waals surface area contributed by atoms with E-state index in [-0.39, 0.29) is 18.5 Å². The first-order chi connectivity index (χ1) is 27.0. The molecule has 0 aromatic heterocycles. The van der Waals surface area contributed by atoms with Gasteiger partial charge < -0.3 is 20.3 Å². The number of aliphatic hydroxyl groups excluding tert-OH is 2. The second kappa shape index (κ2) is 45.3. The summed E-state index contributed by atoms with van der Waals surface area (Å²) >= 11 is 0. The number of hydrogen-bond acceptors (Lipinski definition) is 5. The van der Waals surface area contributed by atoms with Crippen molar-refractivity contribution in [2.75, 3.05) is 13.2 Å². The van der Waals surface area contributed by atoms with Crippen molar-refractivity contribution in [3.63, 3.8) is 0 Å². The molecule has 0 aliphatic heterocycles. The summed E-state index contributed by atoms with van der Waals surface area (Å²) in [5.41, 5.74) is 0. The highest BCUT2D eigenvalue weighted by Gasteiger charge is 2.20. The van der Waals surface area contributed by atoms with Gasteiger partial charge >= 0.3 is 5.97 Å². The van der Waals surface area contributed by atoms with Crippen molar-refractivity contribution in [2.45, 2.75) is 276 Å². The SMILES string of the molecule is CCCC/C=C\CCCCCCCC(=O)OCCCCCCCCCCCCCCCCC(=O)NC(CO)C(O)CCCCCCCCCCCCCCC. The molecule has 2 unspecified atom stereocenters. The molecule has 0 saturated heterocycles. The Morgan fingerprint density at radius 1 is 0.491 bits per heavy atom. The van der Waals surface area contributed by atoms with E-state index in [0.717, 1.165) is 51.4 Å². The molecule has 2 atom stereocenters. The average Bonchev–Trinajstić information content (AvgIpc) is 3.18. The first-order valence-electron chi connectivity index (χ1n) is 24.4. The summed E-state index contributed by atoms with van der Waals surface area (Å²) in [6.07, 6.45) is 50.2. The number of carbonyl (C=O) groups is 2. The van der Waals surface area contributed by atoms with Crippen molar-refractivity contribution in [3.05, 3.63) is 12.2 Å². The third kappa shape index (κ3) is 42.0. The average molecular weight is 778 g/mol. The largest absolute Gasteiger partial charge is 0.466 e. The fourth-order valence-electron chi connectivity index (χ4n) is 7.50. The number of ether oxygens (including phenoxy) is 1. The molecule has 0 aromatic rings. The molecule has 326 valence electrons. The summed E-state index contributed by atoms with van der Waals surface area (Å²) in [6.45, 7) is 4.89. The molecule has 3 N–H and O–H groups in total. The molecule has 6 nitrogen and oxygen atoms in total. The minimum Gasteiger partial charge on any atom is -0.466 e.